The van der Waals surface area contributed by atoms with E-state index in [9.17, 15) is 18.0 Å². The van der Waals surface area contributed by atoms with Gasteiger partial charge in [-0.2, -0.15) is 4.72 Å². The molecule has 0 spiro atoms. The van der Waals surface area contributed by atoms with Crippen LogP contribution in [-0.2, 0) is 31.0 Å². The molecule has 11 heteroatoms. The van der Waals surface area contributed by atoms with Gasteiger partial charge in [0.05, 0.1) is 11.2 Å². The average Bonchev–Trinajstić information content (AvgIpc) is 3.37. The standard InChI is InChI=1S/C19H19N3O7S/c1-12(22-30(25,26)16-7-5-14(6-8-16)20-13(2)23)19(24)28-11-15-10-18(29-21-15)17-4-3-9-27-17/h3-10,12,22H,11H2,1-2H3,(H,20,23). The number of carbonyl (C=O) groups is 2. The Labute approximate surface area is 172 Å². The largest absolute Gasteiger partial charge is 0.461 e. The van der Waals surface area contributed by atoms with Crippen LogP contribution < -0.4 is 10.0 Å². The van der Waals surface area contributed by atoms with Crippen LogP contribution in [0.15, 0.2) is 62.6 Å². The van der Waals surface area contributed by atoms with Gasteiger partial charge in [-0.3, -0.25) is 9.59 Å². The highest BCUT2D eigenvalue weighted by atomic mass is 32.2. The minimum atomic E-state index is -3.97. The molecular weight excluding hydrogens is 414 g/mol. The number of ether oxygens (including phenoxy) is 1. The molecule has 30 heavy (non-hydrogen) atoms. The molecule has 3 rings (SSSR count). The van der Waals surface area contributed by atoms with Gasteiger partial charge >= 0.3 is 5.97 Å². The Kier molecular flexibility index (Phi) is 6.33. The lowest BCUT2D eigenvalue weighted by Crippen LogP contribution is -2.39. The van der Waals surface area contributed by atoms with Gasteiger partial charge in [0.25, 0.3) is 0 Å². The van der Waals surface area contributed by atoms with Crippen molar-refractivity contribution in [2.75, 3.05) is 5.32 Å². The number of nitrogens with zero attached hydrogens (tertiary/aromatic N) is 1. The van der Waals surface area contributed by atoms with Crippen LogP contribution in [0.3, 0.4) is 0 Å². The molecule has 0 bridgehead atoms. The van der Waals surface area contributed by atoms with Gasteiger partial charge in [0.1, 0.15) is 18.3 Å². The second-order valence-corrected chi connectivity index (χ2v) is 8.03. The summed E-state index contributed by atoms with van der Waals surface area (Å²) in [6.07, 6.45) is 1.48. The molecule has 0 saturated carbocycles. The van der Waals surface area contributed by atoms with E-state index in [2.05, 4.69) is 15.2 Å². The van der Waals surface area contributed by atoms with Crippen molar-refractivity contribution in [2.45, 2.75) is 31.4 Å². The first-order chi connectivity index (χ1) is 14.2. The Morgan fingerprint density at radius 1 is 1.17 bits per heavy atom. The monoisotopic (exact) mass is 433 g/mol. The molecule has 158 valence electrons. The zero-order valence-electron chi connectivity index (χ0n) is 16.1. The predicted molar refractivity (Wildman–Crippen MR) is 105 cm³/mol. The summed E-state index contributed by atoms with van der Waals surface area (Å²) in [4.78, 5) is 23.1. The number of esters is 1. The fraction of sp³-hybridized carbons (Fsp3) is 0.211. The van der Waals surface area contributed by atoms with Crippen molar-refractivity contribution in [3.05, 3.63) is 54.4 Å². The lowest BCUT2D eigenvalue weighted by Gasteiger charge is -2.13. The van der Waals surface area contributed by atoms with Crippen LogP contribution in [0.4, 0.5) is 5.69 Å². The molecule has 0 saturated heterocycles. The number of benzene rings is 1. The van der Waals surface area contributed by atoms with Crippen LogP contribution >= 0.6 is 0 Å². The summed E-state index contributed by atoms with van der Waals surface area (Å²) in [6, 6.07) is 9.32. The number of furan rings is 1. The van der Waals surface area contributed by atoms with Gasteiger partial charge in [0, 0.05) is 18.7 Å². The number of carbonyl (C=O) groups excluding carboxylic acids is 2. The van der Waals surface area contributed by atoms with Gasteiger partial charge in [-0.25, -0.2) is 8.42 Å². The summed E-state index contributed by atoms with van der Waals surface area (Å²) in [5.74, 6) is -0.201. The molecule has 0 radical (unpaired) electrons. The Balaban J connectivity index is 1.56. The van der Waals surface area contributed by atoms with Crippen LogP contribution in [-0.4, -0.2) is 31.5 Å². The molecule has 2 N–H and O–H groups in total. The second kappa shape index (κ2) is 8.93. The second-order valence-electron chi connectivity index (χ2n) is 6.32. The Morgan fingerprint density at radius 3 is 2.53 bits per heavy atom. The molecule has 10 nitrogen and oxygen atoms in total. The summed E-state index contributed by atoms with van der Waals surface area (Å²) in [6.45, 7) is 2.51. The third-order valence-electron chi connectivity index (χ3n) is 3.86. The zero-order chi connectivity index (χ0) is 21.7. The fourth-order valence-electron chi connectivity index (χ4n) is 2.45. The molecular formula is C19H19N3O7S. The summed E-state index contributed by atoms with van der Waals surface area (Å²) in [5.41, 5.74) is 0.800. The molecule has 0 fully saturated rings. The highest BCUT2D eigenvalue weighted by Gasteiger charge is 2.23. The van der Waals surface area contributed by atoms with Gasteiger partial charge in [0.2, 0.25) is 21.7 Å². The number of amides is 1. The maximum Gasteiger partial charge on any atom is 0.324 e. The van der Waals surface area contributed by atoms with E-state index in [4.69, 9.17) is 13.7 Å². The minimum Gasteiger partial charge on any atom is -0.461 e. The number of nitrogens with one attached hydrogen (secondary N) is 2. The van der Waals surface area contributed by atoms with E-state index in [0.717, 1.165) is 0 Å². The first kappa shape index (κ1) is 21.3. The van der Waals surface area contributed by atoms with Crippen molar-refractivity contribution in [3.8, 4) is 11.5 Å². The van der Waals surface area contributed by atoms with E-state index in [1.54, 1.807) is 18.2 Å². The number of hydrogen-bond donors (Lipinski definition) is 2. The zero-order valence-corrected chi connectivity index (χ0v) is 16.9. The Morgan fingerprint density at radius 2 is 1.90 bits per heavy atom. The van der Waals surface area contributed by atoms with Crippen molar-refractivity contribution < 1.29 is 31.7 Å². The topological polar surface area (TPSA) is 141 Å². The van der Waals surface area contributed by atoms with E-state index < -0.39 is 22.0 Å². The van der Waals surface area contributed by atoms with Crippen molar-refractivity contribution in [3.63, 3.8) is 0 Å². The lowest BCUT2D eigenvalue weighted by molar-refractivity contribution is -0.146. The maximum absolute atomic E-state index is 12.4. The smallest absolute Gasteiger partial charge is 0.324 e. The summed E-state index contributed by atoms with van der Waals surface area (Å²) >= 11 is 0. The summed E-state index contributed by atoms with van der Waals surface area (Å²) in [5, 5.41) is 6.31. The van der Waals surface area contributed by atoms with Crippen LogP contribution in [0.5, 0.6) is 0 Å². The number of hydrogen-bond acceptors (Lipinski definition) is 8. The molecule has 0 aliphatic heterocycles. The SMILES string of the molecule is CC(=O)Nc1ccc(S(=O)(=O)NC(C)C(=O)OCc2cc(-c3ccco3)on2)cc1. The molecule has 0 aliphatic rings. The van der Waals surface area contributed by atoms with Gasteiger partial charge in [-0.05, 0) is 43.3 Å². The quantitative estimate of drug-likeness (QED) is 0.516. The van der Waals surface area contributed by atoms with Crippen LogP contribution in [0, 0.1) is 0 Å². The normalized spacial score (nSPS) is 12.3. The van der Waals surface area contributed by atoms with Crippen LogP contribution in [0.25, 0.3) is 11.5 Å². The average molecular weight is 433 g/mol. The minimum absolute atomic E-state index is 0.0594. The first-order valence-corrected chi connectivity index (χ1v) is 10.3. The summed E-state index contributed by atoms with van der Waals surface area (Å²) < 4.78 is 42.5. The molecule has 1 aromatic carbocycles. The van der Waals surface area contributed by atoms with Gasteiger partial charge < -0.3 is 19.0 Å². The molecule has 2 aromatic heterocycles. The van der Waals surface area contributed by atoms with E-state index in [0.29, 0.717) is 22.9 Å². The molecule has 1 unspecified atom stereocenters. The van der Waals surface area contributed by atoms with Gasteiger partial charge in [-0.1, -0.05) is 5.16 Å². The van der Waals surface area contributed by atoms with E-state index >= 15 is 0 Å². The number of anilines is 1. The Bertz CT molecular complexity index is 1120. The van der Waals surface area contributed by atoms with Crippen LogP contribution in [0.1, 0.15) is 19.5 Å². The molecule has 0 aliphatic carbocycles. The van der Waals surface area contributed by atoms with E-state index in [1.165, 1.54) is 44.4 Å². The van der Waals surface area contributed by atoms with Crippen molar-refractivity contribution in [1.82, 2.24) is 9.88 Å². The third kappa shape index (κ3) is 5.33. The van der Waals surface area contributed by atoms with Crippen molar-refractivity contribution in [1.29, 1.82) is 0 Å². The van der Waals surface area contributed by atoms with E-state index in [1.807, 2.05) is 0 Å². The number of rotatable bonds is 8. The summed E-state index contributed by atoms with van der Waals surface area (Å²) in [7, 11) is -3.97. The Hall–Kier alpha value is -3.44. The van der Waals surface area contributed by atoms with Crippen molar-refractivity contribution >= 4 is 27.6 Å². The van der Waals surface area contributed by atoms with Gasteiger partial charge in [-0.15, -0.1) is 0 Å². The lowest BCUT2D eigenvalue weighted by atomic mass is 10.3. The maximum atomic E-state index is 12.4. The third-order valence-corrected chi connectivity index (χ3v) is 5.41. The van der Waals surface area contributed by atoms with Crippen molar-refractivity contribution in [2.24, 2.45) is 0 Å². The number of sulfonamides is 1. The highest BCUT2D eigenvalue weighted by Crippen LogP contribution is 2.21. The molecule has 3 aromatic rings. The first-order valence-electron chi connectivity index (χ1n) is 8.81. The predicted octanol–water partition coefficient (Wildman–Crippen LogP) is 2.30. The van der Waals surface area contributed by atoms with Gasteiger partial charge in [0.15, 0.2) is 5.76 Å². The molecule has 1 amide bonds. The van der Waals surface area contributed by atoms with Crippen LogP contribution in [0.2, 0.25) is 0 Å². The molecule has 2 heterocycles. The fourth-order valence-corrected chi connectivity index (χ4v) is 3.65. The highest BCUT2D eigenvalue weighted by molar-refractivity contribution is 7.89. The molecule has 1 atom stereocenters. The number of aromatic nitrogens is 1. The van der Waals surface area contributed by atoms with E-state index in [-0.39, 0.29) is 17.4 Å².